The predicted molar refractivity (Wildman–Crippen MR) is 75.3 cm³/mol. The van der Waals surface area contributed by atoms with E-state index in [1.807, 2.05) is 23.0 Å². The van der Waals surface area contributed by atoms with E-state index in [1.165, 1.54) is 23.4 Å². The van der Waals surface area contributed by atoms with Crippen LogP contribution in [0.5, 0.6) is 0 Å². The smallest absolute Gasteiger partial charge is 0.149 e. The van der Waals surface area contributed by atoms with Crippen LogP contribution in [-0.2, 0) is 13.1 Å². The molecule has 3 aromatic rings. The summed E-state index contributed by atoms with van der Waals surface area (Å²) in [7, 11) is 0. The van der Waals surface area contributed by atoms with E-state index in [0.29, 0.717) is 12.2 Å². The Bertz CT molecular complexity index is 678. The standard InChI is InChI=1S/C14H15FN6/c15-13-8-12(2-3-14(13)21-11-17-10-19-21)9-16-5-7-20-6-1-4-18-20/h1-4,6,8,10-11,16H,5,7,9H2. The highest BCUT2D eigenvalue weighted by Crippen LogP contribution is 2.13. The third-order valence-electron chi connectivity index (χ3n) is 3.08. The first-order valence-corrected chi connectivity index (χ1v) is 6.64. The van der Waals surface area contributed by atoms with Gasteiger partial charge in [-0.1, -0.05) is 6.07 Å². The fourth-order valence-corrected chi connectivity index (χ4v) is 2.04. The molecule has 0 radical (unpaired) electrons. The summed E-state index contributed by atoms with van der Waals surface area (Å²) in [5.41, 5.74) is 1.28. The maximum absolute atomic E-state index is 14.0. The van der Waals surface area contributed by atoms with Crippen LogP contribution in [0.25, 0.3) is 5.69 Å². The quantitative estimate of drug-likeness (QED) is 0.696. The molecule has 0 spiro atoms. The molecule has 0 aliphatic rings. The van der Waals surface area contributed by atoms with Crippen molar-refractivity contribution < 1.29 is 4.39 Å². The lowest BCUT2D eigenvalue weighted by atomic mass is 10.2. The zero-order chi connectivity index (χ0) is 14.5. The van der Waals surface area contributed by atoms with E-state index in [0.717, 1.165) is 18.7 Å². The van der Waals surface area contributed by atoms with Crippen molar-refractivity contribution >= 4 is 0 Å². The lowest BCUT2D eigenvalue weighted by molar-refractivity contribution is 0.552. The minimum absolute atomic E-state index is 0.313. The number of hydrogen-bond acceptors (Lipinski definition) is 4. The van der Waals surface area contributed by atoms with E-state index in [-0.39, 0.29) is 5.82 Å². The van der Waals surface area contributed by atoms with E-state index >= 15 is 0 Å². The summed E-state index contributed by atoms with van der Waals surface area (Å²) in [5, 5.41) is 11.3. The summed E-state index contributed by atoms with van der Waals surface area (Å²) in [6.45, 7) is 2.16. The van der Waals surface area contributed by atoms with E-state index < -0.39 is 0 Å². The highest BCUT2D eigenvalue weighted by atomic mass is 19.1. The Morgan fingerprint density at radius 3 is 2.90 bits per heavy atom. The van der Waals surface area contributed by atoms with Crippen LogP contribution in [0.4, 0.5) is 4.39 Å². The molecular weight excluding hydrogens is 271 g/mol. The summed E-state index contributed by atoms with van der Waals surface area (Å²) >= 11 is 0. The Morgan fingerprint density at radius 2 is 2.19 bits per heavy atom. The molecule has 108 valence electrons. The van der Waals surface area contributed by atoms with Gasteiger partial charge in [0.15, 0.2) is 0 Å². The highest BCUT2D eigenvalue weighted by Gasteiger charge is 2.06. The fourth-order valence-electron chi connectivity index (χ4n) is 2.04. The van der Waals surface area contributed by atoms with Gasteiger partial charge in [0.2, 0.25) is 0 Å². The summed E-state index contributed by atoms with van der Waals surface area (Å²) in [4.78, 5) is 3.81. The average Bonchev–Trinajstić information content (AvgIpc) is 3.17. The van der Waals surface area contributed by atoms with Crippen molar-refractivity contribution in [1.82, 2.24) is 29.9 Å². The van der Waals surface area contributed by atoms with Gasteiger partial charge in [0.05, 0.1) is 6.54 Å². The van der Waals surface area contributed by atoms with Crippen molar-refractivity contribution in [1.29, 1.82) is 0 Å². The first kappa shape index (κ1) is 13.4. The van der Waals surface area contributed by atoms with Crippen molar-refractivity contribution in [3.8, 4) is 5.69 Å². The summed E-state index contributed by atoms with van der Waals surface area (Å²) in [6.07, 6.45) is 6.51. The van der Waals surface area contributed by atoms with Gasteiger partial charge in [-0.3, -0.25) is 4.68 Å². The SMILES string of the molecule is Fc1cc(CNCCn2cccn2)ccc1-n1cncn1. The number of benzene rings is 1. The summed E-state index contributed by atoms with van der Waals surface area (Å²) in [6, 6.07) is 6.98. The molecule has 21 heavy (non-hydrogen) atoms. The van der Waals surface area contributed by atoms with E-state index in [2.05, 4.69) is 20.5 Å². The Morgan fingerprint density at radius 1 is 1.24 bits per heavy atom. The van der Waals surface area contributed by atoms with Crippen molar-refractivity contribution in [2.24, 2.45) is 0 Å². The predicted octanol–water partition coefficient (Wildman–Crippen LogP) is 1.39. The summed E-state index contributed by atoms with van der Waals surface area (Å²) < 4.78 is 17.3. The molecule has 7 heteroatoms. The number of nitrogens with one attached hydrogen (secondary N) is 1. The normalized spacial score (nSPS) is 10.9. The first-order valence-electron chi connectivity index (χ1n) is 6.64. The van der Waals surface area contributed by atoms with E-state index in [4.69, 9.17) is 0 Å². The van der Waals surface area contributed by atoms with Crippen LogP contribution in [0.15, 0.2) is 49.3 Å². The molecule has 1 N–H and O–H groups in total. The van der Waals surface area contributed by atoms with Gasteiger partial charge in [0.25, 0.3) is 0 Å². The molecule has 6 nitrogen and oxygen atoms in total. The molecule has 0 unspecified atom stereocenters. The van der Waals surface area contributed by atoms with Crippen LogP contribution in [-0.4, -0.2) is 31.1 Å². The molecule has 0 saturated heterocycles. The number of halogens is 1. The van der Waals surface area contributed by atoms with E-state index in [9.17, 15) is 4.39 Å². The molecule has 0 aliphatic heterocycles. The molecule has 0 aliphatic carbocycles. The zero-order valence-electron chi connectivity index (χ0n) is 11.4. The number of aromatic nitrogens is 5. The second-order valence-electron chi connectivity index (χ2n) is 4.57. The Labute approximate surface area is 121 Å². The molecular formula is C14H15FN6. The van der Waals surface area contributed by atoms with Crippen LogP contribution >= 0.6 is 0 Å². The molecule has 1 aromatic carbocycles. The molecule has 0 saturated carbocycles. The maximum atomic E-state index is 14.0. The van der Waals surface area contributed by atoms with Crippen molar-refractivity contribution in [3.05, 3.63) is 60.7 Å². The van der Waals surface area contributed by atoms with Gasteiger partial charge < -0.3 is 5.32 Å². The average molecular weight is 286 g/mol. The molecule has 2 heterocycles. The third-order valence-corrected chi connectivity index (χ3v) is 3.08. The molecule has 0 atom stereocenters. The second-order valence-corrected chi connectivity index (χ2v) is 4.57. The largest absolute Gasteiger partial charge is 0.311 e. The van der Waals surface area contributed by atoms with Crippen molar-refractivity contribution in [2.75, 3.05) is 6.54 Å². The molecule has 3 rings (SSSR count). The summed E-state index contributed by atoms with van der Waals surface area (Å²) in [5.74, 6) is -0.313. The lowest BCUT2D eigenvalue weighted by Crippen LogP contribution is -2.19. The topological polar surface area (TPSA) is 60.6 Å². The van der Waals surface area contributed by atoms with Gasteiger partial charge in [-0.05, 0) is 23.8 Å². The van der Waals surface area contributed by atoms with Gasteiger partial charge in [-0.25, -0.2) is 14.1 Å². The van der Waals surface area contributed by atoms with E-state index in [1.54, 1.807) is 12.3 Å². The van der Waals surface area contributed by atoms with Gasteiger partial charge >= 0.3 is 0 Å². The fraction of sp³-hybridized carbons (Fsp3) is 0.214. The molecule has 2 aromatic heterocycles. The monoisotopic (exact) mass is 286 g/mol. The van der Waals surface area contributed by atoms with Gasteiger partial charge in [0.1, 0.15) is 24.2 Å². The van der Waals surface area contributed by atoms with Gasteiger partial charge in [-0.2, -0.15) is 10.2 Å². The second kappa shape index (κ2) is 6.27. The maximum Gasteiger partial charge on any atom is 0.149 e. The van der Waals surface area contributed by atoms with Crippen LogP contribution in [0.3, 0.4) is 0 Å². The zero-order valence-corrected chi connectivity index (χ0v) is 11.4. The van der Waals surface area contributed by atoms with Crippen molar-refractivity contribution in [2.45, 2.75) is 13.1 Å². The third kappa shape index (κ3) is 3.32. The minimum Gasteiger partial charge on any atom is -0.311 e. The lowest BCUT2D eigenvalue weighted by Gasteiger charge is -2.07. The van der Waals surface area contributed by atoms with Crippen LogP contribution < -0.4 is 5.32 Å². The van der Waals surface area contributed by atoms with Crippen LogP contribution in [0.2, 0.25) is 0 Å². The minimum atomic E-state index is -0.313. The van der Waals surface area contributed by atoms with Crippen molar-refractivity contribution in [3.63, 3.8) is 0 Å². The Hall–Kier alpha value is -2.54. The Kier molecular flexibility index (Phi) is 4.02. The number of hydrogen-bond donors (Lipinski definition) is 1. The molecule has 0 fully saturated rings. The Balaban J connectivity index is 1.55. The number of rotatable bonds is 6. The first-order chi connectivity index (χ1) is 10.3. The molecule has 0 amide bonds. The molecule has 0 bridgehead atoms. The van der Waals surface area contributed by atoms with Crippen LogP contribution in [0, 0.1) is 5.82 Å². The number of nitrogens with zero attached hydrogens (tertiary/aromatic N) is 5. The van der Waals surface area contributed by atoms with Gasteiger partial charge in [0, 0.05) is 25.5 Å². The van der Waals surface area contributed by atoms with Gasteiger partial charge in [-0.15, -0.1) is 0 Å². The highest BCUT2D eigenvalue weighted by molar-refractivity contribution is 5.35. The van der Waals surface area contributed by atoms with Crippen LogP contribution in [0.1, 0.15) is 5.56 Å².